The van der Waals surface area contributed by atoms with Crippen molar-refractivity contribution in [2.45, 2.75) is 65.5 Å². The van der Waals surface area contributed by atoms with Gasteiger partial charge in [-0.05, 0) is 36.0 Å². The van der Waals surface area contributed by atoms with E-state index in [1.807, 2.05) is 0 Å². The molecule has 2 aliphatic carbocycles. The van der Waals surface area contributed by atoms with Crippen LogP contribution in [0.15, 0.2) is 0 Å². The van der Waals surface area contributed by atoms with Gasteiger partial charge in [0.25, 0.3) is 0 Å². The van der Waals surface area contributed by atoms with Crippen molar-refractivity contribution in [3.63, 3.8) is 0 Å². The summed E-state index contributed by atoms with van der Waals surface area (Å²) in [4.78, 5) is 10.7. The first kappa shape index (κ1) is 13.8. The molecule has 0 aromatic heterocycles. The predicted octanol–water partition coefficient (Wildman–Crippen LogP) is 3.27. The quantitative estimate of drug-likeness (QED) is 0.572. The third-order valence-corrected chi connectivity index (χ3v) is 5.85. The summed E-state index contributed by atoms with van der Waals surface area (Å²) in [6, 6.07) is 0. The highest BCUT2D eigenvalue weighted by molar-refractivity contribution is 5.11. The van der Waals surface area contributed by atoms with Gasteiger partial charge in [0.15, 0.2) is 0 Å². The van der Waals surface area contributed by atoms with Gasteiger partial charge >= 0.3 is 0 Å². The van der Waals surface area contributed by atoms with Crippen LogP contribution in [-0.2, 0) is 4.74 Å². The number of nitrogens with zero attached hydrogens (tertiary/aromatic N) is 1. The lowest BCUT2D eigenvalue weighted by atomic mass is 9.70. The fourth-order valence-electron chi connectivity index (χ4n) is 3.74. The van der Waals surface area contributed by atoms with Gasteiger partial charge in [0.05, 0.1) is 6.10 Å². The summed E-state index contributed by atoms with van der Waals surface area (Å²) < 4.78 is 5.96. The molecule has 18 heavy (non-hydrogen) atoms. The van der Waals surface area contributed by atoms with Crippen molar-refractivity contribution in [2.75, 3.05) is 6.61 Å². The maximum absolute atomic E-state index is 10.9. The Morgan fingerprint density at radius 3 is 2.39 bits per heavy atom. The van der Waals surface area contributed by atoms with Gasteiger partial charge < -0.3 is 4.74 Å². The summed E-state index contributed by atoms with van der Waals surface area (Å²) in [7, 11) is 0. The van der Waals surface area contributed by atoms with Crippen LogP contribution < -0.4 is 0 Å². The molecule has 2 fully saturated rings. The molecular formula is C14H25NO3. The first-order valence-electron chi connectivity index (χ1n) is 6.87. The molecule has 2 saturated carbocycles. The predicted molar refractivity (Wildman–Crippen MR) is 70.0 cm³/mol. The van der Waals surface area contributed by atoms with Gasteiger partial charge in [-0.25, -0.2) is 0 Å². The molecule has 2 bridgehead atoms. The molecule has 2 aliphatic rings. The molecule has 0 aromatic carbocycles. The van der Waals surface area contributed by atoms with Crippen LogP contribution in [0.5, 0.6) is 0 Å². The highest BCUT2D eigenvalue weighted by atomic mass is 16.6. The fraction of sp³-hybridized carbons (Fsp3) is 1.00. The van der Waals surface area contributed by atoms with E-state index < -0.39 is 5.54 Å². The Balaban J connectivity index is 2.04. The molecule has 4 heteroatoms. The summed E-state index contributed by atoms with van der Waals surface area (Å²) in [6.45, 7) is 10.4. The topological polar surface area (TPSA) is 52.4 Å². The minimum Gasteiger partial charge on any atom is -0.370 e. The van der Waals surface area contributed by atoms with Gasteiger partial charge in [0.1, 0.15) is 6.61 Å². The normalized spacial score (nSPS) is 38.1. The fourth-order valence-corrected chi connectivity index (χ4v) is 3.74. The van der Waals surface area contributed by atoms with Crippen LogP contribution >= 0.6 is 0 Å². The highest BCUT2D eigenvalue weighted by Gasteiger charge is 2.62. The van der Waals surface area contributed by atoms with E-state index in [9.17, 15) is 10.1 Å². The van der Waals surface area contributed by atoms with Gasteiger partial charge in [-0.2, -0.15) is 0 Å². The molecule has 4 nitrogen and oxygen atoms in total. The van der Waals surface area contributed by atoms with Crippen LogP contribution in [0, 0.1) is 26.9 Å². The van der Waals surface area contributed by atoms with E-state index in [0.29, 0.717) is 11.3 Å². The van der Waals surface area contributed by atoms with Gasteiger partial charge in [-0.3, -0.25) is 10.1 Å². The SMILES string of the molecule is CC(C)(CO[C@@H]1C[C@H]2CC[C@]1(C)C2(C)C)[N+](=O)[O-]. The molecule has 0 saturated heterocycles. The Bertz CT molecular complexity index is 364. The van der Waals surface area contributed by atoms with E-state index in [2.05, 4.69) is 20.8 Å². The molecular weight excluding hydrogens is 230 g/mol. The Morgan fingerprint density at radius 2 is 2.00 bits per heavy atom. The monoisotopic (exact) mass is 255 g/mol. The number of ether oxygens (including phenoxy) is 1. The highest BCUT2D eigenvalue weighted by Crippen LogP contribution is 2.66. The summed E-state index contributed by atoms with van der Waals surface area (Å²) in [5.41, 5.74) is -0.497. The zero-order chi connectivity index (χ0) is 13.8. The molecule has 0 N–H and O–H groups in total. The second-order valence-corrected chi connectivity index (χ2v) is 7.48. The van der Waals surface area contributed by atoms with Crippen LogP contribution in [-0.4, -0.2) is 23.2 Å². The molecule has 2 rings (SSSR count). The van der Waals surface area contributed by atoms with E-state index in [0.717, 1.165) is 6.42 Å². The molecule has 0 radical (unpaired) electrons. The van der Waals surface area contributed by atoms with Gasteiger partial charge in [-0.1, -0.05) is 20.8 Å². The van der Waals surface area contributed by atoms with E-state index in [1.165, 1.54) is 12.8 Å². The Morgan fingerprint density at radius 1 is 1.39 bits per heavy atom. The van der Waals surface area contributed by atoms with Crippen molar-refractivity contribution in [1.82, 2.24) is 0 Å². The number of hydrogen-bond acceptors (Lipinski definition) is 3. The number of nitro groups is 1. The molecule has 0 amide bonds. The third-order valence-electron chi connectivity index (χ3n) is 5.85. The number of fused-ring (bicyclic) bond motifs is 2. The van der Waals surface area contributed by atoms with Gasteiger partial charge in [0, 0.05) is 18.8 Å². The van der Waals surface area contributed by atoms with E-state index in [1.54, 1.807) is 13.8 Å². The lowest BCUT2D eigenvalue weighted by molar-refractivity contribution is -0.565. The van der Waals surface area contributed by atoms with Crippen LogP contribution in [0.4, 0.5) is 0 Å². The zero-order valence-corrected chi connectivity index (χ0v) is 12.2. The molecule has 3 atom stereocenters. The van der Waals surface area contributed by atoms with Crippen molar-refractivity contribution in [3.8, 4) is 0 Å². The summed E-state index contributed by atoms with van der Waals surface area (Å²) >= 11 is 0. The van der Waals surface area contributed by atoms with Crippen molar-refractivity contribution in [3.05, 3.63) is 10.1 Å². The molecule has 0 aliphatic heterocycles. The molecule has 0 aromatic rings. The van der Waals surface area contributed by atoms with Crippen LogP contribution in [0.3, 0.4) is 0 Å². The van der Waals surface area contributed by atoms with E-state index in [4.69, 9.17) is 4.74 Å². The standard InChI is InChI=1S/C14H25NO3/c1-12(2,15(16)17)9-18-11-8-10-6-7-14(11,5)13(10,3)4/h10-11H,6-9H2,1-5H3/t10-,11-,14+/m1/s1. The van der Waals surface area contributed by atoms with Crippen molar-refractivity contribution >= 4 is 0 Å². The van der Waals surface area contributed by atoms with E-state index in [-0.39, 0.29) is 23.0 Å². The second-order valence-electron chi connectivity index (χ2n) is 7.48. The van der Waals surface area contributed by atoms with Crippen molar-refractivity contribution in [2.24, 2.45) is 16.7 Å². The van der Waals surface area contributed by atoms with Crippen LogP contribution in [0.1, 0.15) is 53.9 Å². The summed E-state index contributed by atoms with van der Waals surface area (Å²) in [6.07, 6.45) is 3.72. The third kappa shape index (κ3) is 1.77. The van der Waals surface area contributed by atoms with Gasteiger partial charge in [0.2, 0.25) is 5.54 Å². The number of hydrogen-bond donors (Lipinski definition) is 0. The lowest BCUT2D eigenvalue weighted by Crippen LogP contribution is -2.42. The largest absolute Gasteiger partial charge is 0.370 e. The average Bonchev–Trinajstić information content (AvgIpc) is 2.58. The Kier molecular flexibility index (Phi) is 3.01. The lowest BCUT2D eigenvalue weighted by Gasteiger charge is -2.39. The van der Waals surface area contributed by atoms with Crippen molar-refractivity contribution < 1.29 is 9.66 Å². The molecule has 0 unspecified atom stereocenters. The van der Waals surface area contributed by atoms with Crippen LogP contribution in [0.25, 0.3) is 0 Å². The first-order valence-corrected chi connectivity index (χ1v) is 6.87. The minimum absolute atomic E-state index is 0.185. The molecule has 0 spiro atoms. The minimum atomic E-state index is -0.984. The summed E-state index contributed by atoms with van der Waals surface area (Å²) in [5.74, 6) is 0.714. The Labute approximate surface area is 109 Å². The summed E-state index contributed by atoms with van der Waals surface area (Å²) in [5, 5.41) is 10.9. The smallest absolute Gasteiger partial charge is 0.239 e. The van der Waals surface area contributed by atoms with Crippen LogP contribution in [0.2, 0.25) is 0 Å². The van der Waals surface area contributed by atoms with Gasteiger partial charge in [-0.15, -0.1) is 0 Å². The Hall–Kier alpha value is -0.640. The number of rotatable bonds is 4. The van der Waals surface area contributed by atoms with E-state index >= 15 is 0 Å². The second kappa shape index (κ2) is 3.92. The maximum Gasteiger partial charge on any atom is 0.239 e. The average molecular weight is 255 g/mol. The van der Waals surface area contributed by atoms with Crippen molar-refractivity contribution in [1.29, 1.82) is 0 Å². The maximum atomic E-state index is 10.9. The first-order chi connectivity index (χ1) is 8.11. The molecule has 0 heterocycles. The zero-order valence-electron chi connectivity index (χ0n) is 12.2. The molecule has 104 valence electrons.